The molecule has 2 aromatic rings. The quantitative estimate of drug-likeness (QED) is 0.713. The summed E-state index contributed by atoms with van der Waals surface area (Å²) in [5, 5.41) is 5.34. The maximum absolute atomic E-state index is 5.28. The van der Waals surface area contributed by atoms with Crippen molar-refractivity contribution >= 4 is 11.5 Å². The molecule has 1 saturated heterocycles. The van der Waals surface area contributed by atoms with Crippen molar-refractivity contribution < 1.29 is 4.74 Å². The van der Waals surface area contributed by atoms with Gasteiger partial charge in [-0.25, -0.2) is 4.98 Å². The predicted octanol–water partition coefficient (Wildman–Crippen LogP) is 1.27. The Morgan fingerprint density at radius 3 is 2.57 bits per heavy atom. The smallest absolute Gasteiger partial charge is 0.157 e. The average molecular weight is 409 g/mol. The monoisotopic (exact) mass is 408 g/mol. The SMILES string of the molecule is CCCN(CCOC)c1ccc(-c2cc3c(c(N4CCNCC4)n2)=NCCN=3)cc1. The Morgan fingerprint density at radius 1 is 1.07 bits per heavy atom. The maximum Gasteiger partial charge on any atom is 0.157 e. The molecule has 0 atom stereocenters. The van der Waals surface area contributed by atoms with E-state index in [-0.39, 0.29) is 0 Å². The molecule has 0 aliphatic carbocycles. The maximum atomic E-state index is 5.28. The van der Waals surface area contributed by atoms with Crippen molar-refractivity contribution in [3.8, 4) is 11.3 Å². The number of nitrogens with zero attached hydrogens (tertiary/aromatic N) is 5. The highest BCUT2D eigenvalue weighted by Gasteiger charge is 2.17. The van der Waals surface area contributed by atoms with Gasteiger partial charge in [0.25, 0.3) is 0 Å². The van der Waals surface area contributed by atoms with Gasteiger partial charge in [0.15, 0.2) is 5.82 Å². The Labute approximate surface area is 178 Å². The summed E-state index contributed by atoms with van der Waals surface area (Å²) < 4.78 is 5.28. The van der Waals surface area contributed by atoms with E-state index in [0.717, 1.165) is 93.2 Å². The fraction of sp³-hybridized carbons (Fsp3) is 0.522. The van der Waals surface area contributed by atoms with Crippen LogP contribution >= 0.6 is 0 Å². The second kappa shape index (κ2) is 10.00. The molecule has 1 aromatic heterocycles. The molecule has 30 heavy (non-hydrogen) atoms. The van der Waals surface area contributed by atoms with Crippen molar-refractivity contribution in [2.75, 3.05) is 75.9 Å². The first kappa shape index (κ1) is 20.8. The van der Waals surface area contributed by atoms with Crippen molar-refractivity contribution in [1.29, 1.82) is 0 Å². The third kappa shape index (κ3) is 4.63. The van der Waals surface area contributed by atoms with E-state index >= 15 is 0 Å². The van der Waals surface area contributed by atoms with E-state index in [1.165, 1.54) is 5.69 Å². The summed E-state index contributed by atoms with van der Waals surface area (Å²) in [5.74, 6) is 0.976. The van der Waals surface area contributed by atoms with E-state index in [4.69, 9.17) is 19.7 Å². The van der Waals surface area contributed by atoms with Gasteiger partial charge in [-0.3, -0.25) is 9.98 Å². The van der Waals surface area contributed by atoms with E-state index in [9.17, 15) is 0 Å². The summed E-state index contributed by atoms with van der Waals surface area (Å²) in [7, 11) is 1.75. The summed E-state index contributed by atoms with van der Waals surface area (Å²) in [6.45, 7) is 10.2. The van der Waals surface area contributed by atoms with E-state index < -0.39 is 0 Å². The number of pyridine rings is 1. The zero-order chi connectivity index (χ0) is 20.8. The number of hydrogen-bond acceptors (Lipinski definition) is 7. The van der Waals surface area contributed by atoms with Crippen LogP contribution in [0.25, 0.3) is 11.3 Å². The van der Waals surface area contributed by atoms with Gasteiger partial charge in [-0.2, -0.15) is 0 Å². The van der Waals surface area contributed by atoms with Gasteiger partial charge in [0.05, 0.1) is 30.7 Å². The highest BCUT2D eigenvalue weighted by atomic mass is 16.5. The van der Waals surface area contributed by atoms with E-state index in [1.54, 1.807) is 7.11 Å². The molecule has 1 aromatic carbocycles. The van der Waals surface area contributed by atoms with Crippen LogP contribution in [-0.4, -0.2) is 71.1 Å². The largest absolute Gasteiger partial charge is 0.383 e. The Balaban J connectivity index is 1.67. The van der Waals surface area contributed by atoms with Crippen LogP contribution in [0.4, 0.5) is 11.5 Å². The van der Waals surface area contributed by atoms with Gasteiger partial charge in [-0.15, -0.1) is 0 Å². The number of hydrogen-bond donors (Lipinski definition) is 1. The molecule has 1 fully saturated rings. The average Bonchev–Trinajstić information content (AvgIpc) is 2.82. The number of methoxy groups -OCH3 is 1. The molecule has 2 aliphatic rings. The number of nitrogens with one attached hydrogen (secondary N) is 1. The predicted molar refractivity (Wildman–Crippen MR) is 121 cm³/mol. The summed E-state index contributed by atoms with van der Waals surface area (Å²) in [4.78, 5) is 19.3. The van der Waals surface area contributed by atoms with Gasteiger partial charge in [0.1, 0.15) is 5.36 Å². The van der Waals surface area contributed by atoms with E-state index in [0.29, 0.717) is 0 Å². The Morgan fingerprint density at radius 2 is 1.83 bits per heavy atom. The Kier molecular flexibility index (Phi) is 6.92. The number of ether oxygens (including phenoxy) is 1. The molecule has 1 N–H and O–H groups in total. The van der Waals surface area contributed by atoms with Crippen LogP contribution in [0, 0.1) is 0 Å². The van der Waals surface area contributed by atoms with Crippen LogP contribution in [0.1, 0.15) is 13.3 Å². The fourth-order valence-corrected chi connectivity index (χ4v) is 4.05. The lowest BCUT2D eigenvalue weighted by molar-refractivity contribution is 0.205. The molecule has 0 amide bonds. The van der Waals surface area contributed by atoms with Crippen molar-refractivity contribution in [3.63, 3.8) is 0 Å². The molecule has 0 radical (unpaired) electrons. The van der Waals surface area contributed by atoms with Crippen molar-refractivity contribution in [1.82, 2.24) is 10.3 Å². The second-order valence-electron chi connectivity index (χ2n) is 7.73. The standard InChI is InChI=1S/C23H32N6O/c1-3-12-28(15-16-30-2)19-6-4-18(5-7-19)20-17-21-22(26-9-8-25-21)23(27-20)29-13-10-24-11-14-29/h4-7,17,24H,3,8-16H2,1-2H3. The van der Waals surface area contributed by atoms with E-state index in [1.807, 2.05) is 0 Å². The minimum atomic E-state index is 0.729. The van der Waals surface area contributed by atoms with Crippen molar-refractivity contribution in [2.45, 2.75) is 13.3 Å². The molecule has 7 nitrogen and oxygen atoms in total. The number of anilines is 2. The minimum absolute atomic E-state index is 0.729. The van der Waals surface area contributed by atoms with Crippen LogP contribution in [-0.2, 0) is 4.74 Å². The Bertz CT molecular complexity index is 953. The summed E-state index contributed by atoms with van der Waals surface area (Å²) >= 11 is 0. The van der Waals surface area contributed by atoms with Crippen LogP contribution < -0.4 is 25.8 Å². The third-order valence-corrected chi connectivity index (χ3v) is 5.61. The zero-order valence-electron chi connectivity index (χ0n) is 18.1. The van der Waals surface area contributed by atoms with Crippen LogP contribution in [0.5, 0.6) is 0 Å². The summed E-state index contributed by atoms with van der Waals surface area (Å²) in [5.41, 5.74) is 3.30. The number of piperazine rings is 1. The first-order valence-electron chi connectivity index (χ1n) is 11.0. The molecule has 4 rings (SSSR count). The van der Waals surface area contributed by atoms with Gasteiger partial charge in [-0.05, 0) is 24.6 Å². The molecule has 2 aliphatic heterocycles. The molecular weight excluding hydrogens is 376 g/mol. The van der Waals surface area contributed by atoms with Crippen molar-refractivity contribution in [3.05, 3.63) is 41.0 Å². The molecule has 7 heteroatoms. The molecule has 0 spiro atoms. The van der Waals surface area contributed by atoms with E-state index in [2.05, 4.69) is 52.4 Å². The molecule has 160 valence electrons. The topological polar surface area (TPSA) is 65.3 Å². The molecule has 0 saturated carbocycles. The highest BCUT2D eigenvalue weighted by molar-refractivity contribution is 5.65. The minimum Gasteiger partial charge on any atom is -0.383 e. The van der Waals surface area contributed by atoms with Gasteiger partial charge in [-0.1, -0.05) is 19.1 Å². The van der Waals surface area contributed by atoms with Gasteiger partial charge in [0.2, 0.25) is 0 Å². The molecular formula is C23H32N6O. The van der Waals surface area contributed by atoms with Crippen molar-refractivity contribution in [2.24, 2.45) is 9.98 Å². The lowest BCUT2D eigenvalue weighted by Crippen LogP contribution is -2.48. The third-order valence-electron chi connectivity index (χ3n) is 5.61. The second-order valence-corrected chi connectivity index (χ2v) is 7.73. The van der Waals surface area contributed by atoms with Gasteiger partial charge in [0, 0.05) is 57.6 Å². The lowest BCUT2D eigenvalue weighted by atomic mass is 10.1. The lowest BCUT2D eigenvalue weighted by Gasteiger charge is -2.29. The van der Waals surface area contributed by atoms with Gasteiger partial charge >= 0.3 is 0 Å². The molecule has 0 unspecified atom stereocenters. The Hall–Kier alpha value is -2.51. The number of benzene rings is 1. The summed E-state index contributed by atoms with van der Waals surface area (Å²) in [6.07, 6.45) is 1.11. The fourth-order valence-electron chi connectivity index (χ4n) is 4.05. The van der Waals surface area contributed by atoms with Crippen LogP contribution in [0.2, 0.25) is 0 Å². The summed E-state index contributed by atoms with van der Waals surface area (Å²) in [6, 6.07) is 10.8. The normalized spacial score (nSPS) is 15.9. The first-order valence-corrected chi connectivity index (χ1v) is 11.0. The van der Waals surface area contributed by atoms with Crippen LogP contribution in [0.15, 0.2) is 40.3 Å². The van der Waals surface area contributed by atoms with Crippen LogP contribution in [0.3, 0.4) is 0 Å². The number of rotatable bonds is 8. The van der Waals surface area contributed by atoms with Gasteiger partial charge < -0.3 is 19.9 Å². The number of fused-ring (bicyclic) bond motifs is 1. The molecule has 3 heterocycles. The zero-order valence-corrected chi connectivity index (χ0v) is 18.1. The number of aromatic nitrogens is 1. The molecule has 0 bridgehead atoms. The highest BCUT2D eigenvalue weighted by Crippen LogP contribution is 2.22. The first-order chi connectivity index (χ1) is 14.8.